The SMILES string of the molecule is CCCCCCC(C)NCC(O)COC(C)(C)C. The fourth-order valence-corrected chi connectivity index (χ4v) is 1.72. The van der Waals surface area contributed by atoms with Gasteiger partial charge in [-0.2, -0.15) is 0 Å². The summed E-state index contributed by atoms with van der Waals surface area (Å²) in [7, 11) is 0. The molecular formula is C15H33NO2. The normalized spacial score (nSPS) is 15.7. The smallest absolute Gasteiger partial charge is 0.0898 e. The van der Waals surface area contributed by atoms with Crippen molar-refractivity contribution < 1.29 is 9.84 Å². The van der Waals surface area contributed by atoms with Gasteiger partial charge in [-0.05, 0) is 34.1 Å². The minimum absolute atomic E-state index is 0.174. The molecule has 0 aliphatic carbocycles. The Morgan fingerprint density at radius 3 is 2.39 bits per heavy atom. The molecule has 0 amide bonds. The summed E-state index contributed by atoms with van der Waals surface area (Å²) in [4.78, 5) is 0. The van der Waals surface area contributed by atoms with Gasteiger partial charge in [-0.1, -0.05) is 32.6 Å². The highest BCUT2D eigenvalue weighted by molar-refractivity contribution is 4.67. The third kappa shape index (κ3) is 12.3. The molecule has 0 saturated carbocycles. The molecule has 0 heterocycles. The molecular weight excluding hydrogens is 226 g/mol. The predicted octanol–water partition coefficient (Wildman–Crippen LogP) is 3.11. The summed E-state index contributed by atoms with van der Waals surface area (Å²) in [5, 5.41) is 13.1. The van der Waals surface area contributed by atoms with Crippen LogP contribution < -0.4 is 5.32 Å². The van der Waals surface area contributed by atoms with Crippen molar-refractivity contribution in [1.82, 2.24) is 5.32 Å². The average molecular weight is 259 g/mol. The lowest BCUT2D eigenvalue weighted by molar-refractivity contribution is -0.0483. The van der Waals surface area contributed by atoms with E-state index in [1.807, 2.05) is 20.8 Å². The third-order valence-corrected chi connectivity index (χ3v) is 2.90. The van der Waals surface area contributed by atoms with Crippen molar-refractivity contribution >= 4 is 0 Å². The van der Waals surface area contributed by atoms with Gasteiger partial charge in [-0.15, -0.1) is 0 Å². The van der Waals surface area contributed by atoms with Crippen molar-refractivity contribution in [3.05, 3.63) is 0 Å². The first-order valence-electron chi connectivity index (χ1n) is 7.40. The molecule has 0 aromatic heterocycles. The van der Waals surface area contributed by atoms with Crippen LogP contribution in [0.1, 0.15) is 66.7 Å². The van der Waals surface area contributed by atoms with Gasteiger partial charge in [0, 0.05) is 12.6 Å². The Labute approximate surface area is 113 Å². The molecule has 0 aromatic rings. The molecule has 2 unspecified atom stereocenters. The first-order valence-corrected chi connectivity index (χ1v) is 7.40. The van der Waals surface area contributed by atoms with E-state index in [9.17, 15) is 5.11 Å². The molecule has 0 radical (unpaired) electrons. The first-order chi connectivity index (χ1) is 8.35. The maximum absolute atomic E-state index is 9.78. The van der Waals surface area contributed by atoms with Crippen LogP contribution in [-0.2, 0) is 4.74 Å². The Hall–Kier alpha value is -0.120. The Kier molecular flexibility index (Phi) is 9.70. The quantitative estimate of drug-likeness (QED) is 0.592. The standard InChI is InChI=1S/C15H33NO2/c1-6-7-8-9-10-13(2)16-11-14(17)12-18-15(3,4)5/h13-14,16-17H,6-12H2,1-5H3. The number of aliphatic hydroxyl groups excluding tert-OH is 1. The van der Waals surface area contributed by atoms with Gasteiger partial charge in [-0.25, -0.2) is 0 Å². The van der Waals surface area contributed by atoms with Crippen molar-refractivity contribution in [3.63, 3.8) is 0 Å². The van der Waals surface area contributed by atoms with Crippen LogP contribution in [0.2, 0.25) is 0 Å². The van der Waals surface area contributed by atoms with Gasteiger partial charge >= 0.3 is 0 Å². The lowest BCUT2D eigenvalue weighted by Crippen LogP contribution is -2.37. The fourth-order valence-electron chi connectivity index (χ4n) is 1.72. The fraction of sp³-hybridized carbons (Fsp3) is 1.00. The largest absolute Gasteiger partial charge is 0.389 e. The van der Waals surface area contributed by atoms with Gasteiger partial charge in [0.15, 0.2) is 0 Å². The molecule has 2 N–H and O–H groups in total. The van der Waals surface area contributed by atoms with Crippen molar-refractivity contribution in [1.29, 1.82) is 0 Å². The summed E-state index contributed by atoms with van der Waals surface area (Å²) in [6.07, 6.45) is 5.98. The lowest BCUT2D eigenvalue weighted by Gasteiger charge is -2.23. The molecule has 2 atom stereocenters. The van der Waals surface area contributed by atoms with E-state index < -0.39 is 6.10 Å². The lowest BCUT2D eigenvalue weighted by atomic mass is 10.1. The molecule has 0 saturated heterocycles. The first kappa shape index (κ1) is 17.9. The average Bonchev–Trinajstić information content (AvgIpc) is 2.28. The maximum atomic E-state index is 9.78. The topological polar surface area (TPSA) is 41.5 Å². The van der Waals surface area contributed by atoms with E-state index in [-0.39, 0.29) is 5.60 Å². The summed E-state index contributed by atoms with van der Waals surface area (Å²) in [5.74, 6) is 0. The van der Waals surface area contributed by atoms with E-state index >= 15 is 0 Å². The molecule has 0 aromatic carbocycles. The second kappa shape index (κ2) is 9.76. The van der Waals surface area contributed by atoms with Crippen LogP contribution in [0.15, 0.2) is 0 Å². The van der Waals surface area contributed by atoms with Crippen molar-refractivity contribution in [2.24, 2.45) is 0 Å². The molecule has 0 aliphatic heterocycles. The molecule has 18 heavy (non-hydrogen) atoms. The van der Waals surface area contributed by atoms with Gasteiger partial charge in [0.1, 0.15) is 0 Å². The van der Waals surface area contributed by atoms with E-state index in [4.69, 9.17) is 4.74 Å². The van der Waals surface area contributed by atoms with Crippen LogP contribution in [0.3, 0.4) is 0 Å². The Morgan fingerprint density at radius 2 is 1.83 bits per heavy atom. The van der Waals surface area contributed by atoms with E-state index in [2.05, 4.69) is 19.2 Å². The van der Waals surface area contributed by atoms with Crippen LogP contribution in [0.5, 0.6) is 0 Å². The number of aliphatic hydroxyl groups is 1. The van der Waals surface area contributed by atoms with Crippen LogP contribution in [0.4, 0.5) is 0 Å². The zero-order valence-corrected chi connectivity index (χ0v) is 13.0. The summed E-state index contributed by atoms with van der Waals surface area (Å²) in [6.45, 7) is 11.4. The molecule has 0 aliphatic rings. The molecule has 3 heteroatoms. The van der Waals surface area contributed by atoms with Gasteiger partial charge in [0.05, 0.1) is 18.3 Å². The molecule has 0 fully saturated rings. The Morgan fingerprint density at radius 1 is 1.17 bits per heavy atom. The highest BCUT2D eigenvalue weighted by Crippen LogP contribution is 2.07. The van der Waals surface area contributed by atoms with Gasteiger partial charge < -0.3 is 15.2 Å². The molecule has 0 rings (SSSR count). The number of hydrogen-bond acceptors (Lipinski definition) is 3. The number of rotatable bonds is 10. The van der Waals surface area contributed by atoms with E-state index in [0.717, 1.165) is 0 Å². The van der Waals surface area contributed by atoms with Crippen molar-refractivity contribution in [2.75, 3.05) is 13.2 Å². The summed E-state index contributed by atoms with van der Waals surface area (Å²) >= 11 is 0. The van der Waals surface area contributed by atoms with Crippen LogP contribution >= 0.6 is 0 Å². The van der Waals surface area contributed by atoms with Crippen LogP contribution in [0.25, 0.3) is 0 Å². The highest BCUT2D eigenvalue weighted by Gasteiger charge is 2.14. The van der Waals surface area contributed by atoms with Crippen molar-refractivity contribution in [3.8, 4) is 0 Å². The minimum atomic E-state index is -0.415. The van der Waals surface area contributed by atoms with Crippen LogP contribution in [-0.4, -0.2) is 36.0 Å². The van der Waals surface area contributed by atoms with E-state index in [1.165, 1.54) is 32.1 Å². The second-order valence-electron chi connectivity index (χ2n) is 6.24. The highest BCUT2D eigenvalue weighted by atomic mass is 16.5. The molecule has 0 bridgehead atoms. The third-order valence-electron chi connectivity index (χ3n) is 2.90. The Balaban J connectivity index is 3.50. The summed E-state index contributed by atoms with van der Waals surface area (Å²) in [5.41, 5.74) is -0.174. The Bertz CT molecular complexity index is 189. The maximum Gasteiger partial charge on any atom is 0.0898 e. The summed E-state index contributed by atoms with van der Waals surface area (Å²) in [6, 6.07) is 0.478. The predicted molar refractivity (Wildman–Crippen MR) is 77.9 cm³/mol. The monoisotopic (exact) mass is 259 g/mol. The minimum Gasteiger partial charge on any atom is -0.389 e. The zero-order chi connectivity index (χ0) is 14.0. The van der Waals surface area contributed by atoms with Crippen molar-refractivity contribution in [2.45, 2.75) is 84.5 Å². The number of nitrogens with one attached hydrogen (secondary N) is 1. The van der Waals surface area contributed by atoms with E-state index in [1.54, 1.807) is 0 Å². The van der Waals surface area contributed by atoms with Gasteiger partial charge in [-0.3, -0.25) is 0 Å². The zero-order valence-electron chi connectivity index (χ0n) is 13.0. The summed E-state index contributed by atoms with van der Waals surface area (Å²) < 4.78 is 5.55. The number of ether oxygens (including phenoxy) is 1. The molecule has 0 spiro atoms. The molecule has 3 nitrogen and oxygen atoms in total. The van der Waals surface area contributed by atoms with Gasteiger partial charge in [0.2, 0.25) is 0 Å². The molecule has 110 valence electrons. The van der Waals surface area contributed by atoms with Gasteiger partial charge in [0.25, 0.3) is 0 Å². The van der Waals surface area contributed by atoms with E-state index in [0.29, 0.717) is 19.2 Å². The second-order valence-corrected chi connectivity index (χ2v) is 6.24. The van der Waals surface area contributed by atoms with Crippen LogP contribution in [0, 0.1) is 0 Å². The number of hydrogen-bond donors (Lipinski definition) is 2. The number of unbranched alkanes of at least 4 members (excludes halogenated alkanes) is 3.